The summed E-state index contributed by atoms with van der Waals surface area (Å²) >= 11 is 0. The molecule has 1 unspecified atom stereocenters. The van der Waals surface area contributed by atoms with E-state index in [0.717, 1.165) is 5.56 Å². The van der Waals surface area contributed by atoms with E-state index in [1.807, 2.05) is 11.9 Å². The minimum Gasteiger partial charge on any atom is -0.493 e. The second kappa shape index (κ2) is 12.1. The molecule has 1 atom stereocenters. The van der Waals surface area contributed by atoms with Crippen molar-refractivity contribution in [1.82, 2.24) is 24.2 Å². The fourth-order valence-electron chi connectivity index (χ4n) is 4.85. The van der Waals surface area contributed by atoms with Gasteiger partial charge >= 0.3 is 0 Å². The maximum Gasteiger partial charge on any atom is 0.269 e. The quantitative estimate of drug-likeness (QED) is 0.328. The van der Waals surface area contributed by atoms with Gasteiger partial charge in [0.2, 0.25) is 0 Å². The maximum atomic E-state index is 13.7. The molecule has 0 aliphatic carbocycles. The van der Waals surface area contributed by atoms with Crippen molar-refractivity contribution in [2.24, 2.45) is 0 Å². The van der Waals surface area contributed by atoms with Gasteiger partial charge in [-0.3, -0.25) is 4.79 Å². The van der Waals surface area contributed by atoms with Crippen LogP contribution in [0.3, 0.4) is 0 Å². The number of methoxy groups -OCH3 is 1. The number of hydrogen-bond donors (Lipinski definition) is 3. The van der Waals surface area contributed by atoms with Crippen LogP contribution in [0.15, 0.2) is 66.0 Å². The lowest BCUT2D eigenvalue weighted by Crippen LogP contribution is -2.46. The highest BCUT2D eigenvalue weighted by molar-refractivity contribution is 7.90. The van der Waals surface area contributed by atoms with Crippen LogP contribution in [0.25, 0.3) is 11.0 Å². The highest BCUT2D eigenvalue weighted by Gasteiger charge is 2.25. The summed E-state index contributed by atoms with van der Waals surface area (Å²) in [4.78, 5) is 23.6. The molecule has 3 heterocycles. The van der Waals surface area contributed by atoms with E-state index >= 15 is 0 Å². The number of likely N-dealkylation sites (N-methyl/N-ethyl adjacent to an activating group) is 1. The Bertz CT molecular complexity index is 1640. The number of aliphatic hydroxyl groups excluding tert-OH is 1. The lowest BCUT2D eigenvalue weighted by molar-refractivity contribution is -0.124. The summed E-state index contributed by atoms with van der Waals surface area (Å²) in [7, 11) is -0.536. The van der Waals surface area contributed by atoms with Crippen molar-refractivity contribution in [2.45, 2.75) is 23.8 Å². The highest BCUT2D eigenvalue weighted by Crippen LogP contribution is 2.35. The number of amides is 1. The predicted molar refractivity (Wildman–Crippen MR) is 153 cm³/mol. The molecule has 1 aliphatic rings. The number of benzene rings is 2. The average Bonchev–Trinajstić information content (AvgIpc) is 3.36. The van der Waals surface area contributed by atoms with Crippen molar-refractivity contribution in [3.05, 3.63) is 66.6 Å². The summed E-state index contributed by atoms with van der Waals surface area (Å²) in [6.45, 7) is 0.545. The minimum atomic E-state index is -3.93. The zero-order chi connectivity index (χ0) is 29.0. The van der Waals surface area contributed by atoms with Gasteiger partial charge in [-0.05, 0) is 56.3 Å². The molecule has 3 N–H and O–H groups in total. The number of ether oxygens (including phenoxy) is 2. The van der Waals surface area contributed by atoms with E-state index in [9.17, 15) is 18.3 Å². The van der Waals surface area contributed by atoms with Crippen molar-refractivity contribution in [2.75, 3.05) is 45.8 Å². The summed E-state index contributed by atoms with van der Waals surface area (Å²) in [5.41, 5.74) is 1.60. The molecule has 2 aromatic carbocycles. The second-order valence-electron chi connectivity index (χ2n) is 9.78. The fourth-order valence-corrected chi connectivity index (χ4v) is 6.21. The molecule has 2 bridgehead atoms. The summed E-state index contributed by atoms with van der Waals surface area (Å²) in [6.07, 6.45) is 4.15. The van der Waals surface area contributed by atoms with Crippen molar-refractivity contribution < 1.29 is 27.8 Å². The number of aromatic nitrogens is 3. The molecule has 0 fully saturated rings. The molecule has 5 rings (SSSR count). The lowest BCUT2D eigenvalue weighted by atomic mass is 10.1. The molecule has 12 nitrogen and oxygen atoms in total. The molecular weight excluding hydrogens is 548 g/mol. The summed E-state index contributed by atoms with van der Waals surface area (Å²) in [6, 6.07) is 12.9. The molecule has 0 radical (unpaired) electrons. The van der Waals surface area contributed by atoms with Crippen molar-refractivity contribution in [3.8, 4) is 11.5 Å². The van der Waals surface area contributed by atoms with Crippen LogP contribution in [-0.4, -0.2) is 84.8 Å². The number of nitrogens with one attached hydrogen (secondary N) is 2. The maximum absolute atomic E-state index is 13.7. The van der Waals surface area contributed by atoms with E-state index in [-0.39, 0.29) is 29.7 Å². The van der Waals surface area contributed by atoms with Crippen LogP contribution in [-0.2, 0) is 21.2 Å². The Labute approximate surface area is 238 Å². The summed E-state index contributed by atoms with van der Waals surface area (Å²) in [5.74, 6) is 0.806. The topological polar surface area (TPSA) is 148 Å². The Kier molecular flexibility index (Phi) is 8.38. The standard InChI is InChI=1S/C28H32N6O6S/c1-33-12-6-7-19-14-34(41(37,38)22-8-4-3-5-9-22)28-26(19)27(29-18-30-28)32-20-10-11-23(39-2)24(13-20)40-17-25(36)31-21(15-33)16-35/h3-5,8-11,13-14,18,21,35H,6-7,12,15-17H2,1-2H3,(H,31,36)(H,29,30,32). The van der Waals surface area contributed by atoms with Crippen LogP contribution >= 0.6 is 0 Å². The van der Waals surface area contributed by atoms with Crippen LogP contribution in [0.1, 0.15) is 12.0 Å². The number of hydrogen-bond acceptors (Lipinski definition) is 10. The molecule has 4 aromatic rings. The number of aryl methyl sites for hydroxylation is 1. The minimum absolute atomic E-state index is 0.153. The average molecular weight is 581 g/mol. The van der Waals surface area contributed by atoms with Gasteiger partial charge in [-0.1, -0.05) is 18.2 Å². The second-order valence-corrected chi connectivity index (χ2v) is 11.6. The number of fused-ring (bicyclic) bond motifs is 2. The number of anilines is 2. The molecule has 0 saturated heterocycles. The van der Waals surface area contributed by atoms with Gasteiger partial charge in [-0.2, -0.15) is 0 Å². The Hall–Kier alpha value is -4.20. The Morgan fingerprint density at radius 2 is 1.98 bits per heavy atom. The number of rotatable bonds is 4. The molecule has 1 aliphatic heterocycles. The molecular formula is C28H32N6O6S. The van der Waals surface area contributed by atoms with E-state index < -0.39 is 16.1 Å². The van der Waals surface area contributed by atoms with Crippen LogP contribution in [0.5, 0.6) is 11.5 Å². The number of nitrogens with zero attached hydrogens (tertiary/aromatic N) is 4. The molecule has 0 saturated carbocycles. The third-order valence-corrected chi connectivity index (χ3v) is 8.48. The van der Waals surface area contributed by atoms with Crippen LogP contribution in [0, 0.1) is 0 Å². The van der Waals surface area contributed by atoms with E-state index in [4.69, 9.17) is 9.47 Å². The van der Waals surface area contributed by atoms with Crippen molar-refractivity contribution in [1.29, 1.82) is 0 Å². The number of carbonyl (C=O) groups is 1. The smallest absolute Gasteiger partial charge is 0.269 e. The van der Waals surface area contributed by atoms with Gasteiger partial charge in [0, 0.05) is 24.5 Å². The SMILES string of the molecule is COc1ccc2cc1OCC(=O)NC(CO)CN(C)CCCc1cn(S(=O)(=O)c3ccccc3)c3ncnc(c13)N2. The first-order valence-electron chi connectivity index (χ1n) is 13.1. The molecule has 0 spiro atoms. The highest BCUT2D eigenvalue weighted by atomic mass is 32.2. The molecule has 216 valence electrons. The largest absolute Gasteiger partial charge is 0.493 e. The van der Waals surface area contributed by atoms with Gasteiger partial charge in [0.15, 0.2) is 23.8 Å². The van der Waals surface area contributed by atoms with Gasteiger partial charge in [0.25, 0.3) is 15.9 Å². The van der Waals surface area contributed by atoms with Gasteiger partial charge in [-0.15, -0.1) is 0 Å². The Balaban J connectivity index is 1.61. The Morgan fingerprint density at radius 3 is 2.73 bits per heavy atom. The van der Waals surface area contributed by atoms with Crippen molar-refractivity contribution >= 4 is 38.5 Å². The van der Waals surface area contributed by atoms with Gasteiger partial charge in [0.1, 0.15) is 12.1 Å². The van der Waals surface area contributed by atoms with E-state index in [2.05, 4.69) is 20.6 Å². The zero-order valence-corrected chi connectivity index (χ0v) is 23.6. The number of carbonyl (C=O) groups excluding carboxylic acids is 1. The first-order chi connectivity index (χ1) is 19.8. The third-order valence-electron chi connectivity index (χ3n) is 6.82. The third kappa shape index (κ3) is 6.11. The first-order valence-corrected chi connectivity index (χ1v) is 14.6. The summed E-state index contributed by atoms with van der Waals surface area (Å²) in [5, 5.41) is 16.5. The lowest BCUT2D eigenvalue weighted by Gasteiger charge is -2.23. The van der Waals surface area contributed by atoms with Crippen LogP contribution in [0.2, 0.25) is 0 Å². The van der Waals surface area contributed by atoms with E-state index in [0.29, 0.717) is 54.3 Å². The van der Waals surface area contributed by atoms with Crippen LogP contribution in [0.4, 0.5) is 11.5 Å². The van der Waals surface area contributed by atoms with Gasteiger partial charge < -0.3 is 30.1 Å². The monoisotopic (exact) mass is 580 g/mol. The van der Waals surface area contributed by atoms with E-state index in [1.165, 1.54) is 17.4 Å². The van der Waals surface area contributed by atoms with E-state index in [1.54, 1.807) is 54.7 Å². The summed E-state index contributed by atoms with van der Waals surface area (Å²) < 4.78 is 39.7. The first kappa shape index (κ1) is 28.3. The number of aliphatic hydroxyl groups is 1. The van der Waals surface area contributed by atoms with Gasteiger partial charge in [-0.25, -0.2) is 22.4 Å². The molecule has 2 aromatic heterocycles. The van der Waals surface area contributed by atoms with Crippen LogP contribution < -0.4 is 20.1 Å². The fraction of sp³-hybridized carbons (Fsp3) is 0.321. The Morgan fingerprint density at radius 1 is 1.17 bits per heavy atom. The normalized spacial score (nSPS) is 17.2. The molecule has 41 heavy (non-hydrogen) atoms. The zero-order valence-electron chi connectivity index (χ0n) is 22.8. The van der Waals surface area contributed by atoms with Gasteiger partial charge in [0.05, 0.1) is 30.0 Å². The predicted octanol–water partition coefficient (Wildman–Crippen LogP) is 2.15. The molecule has 13 heteroatoms. The molecule has 1 amide bonds. The van der Waals surface area contributed by atoms with Crippen molar-refractivity contribution in [3.63, 3.8) is 0 Å².